The topological polar surface area (TPSA) is 71.3 Å². The molecule has 7 heteroatoms. The zero-order valence-corrected chi connectivity index (χ0v) is 13.0. The molecule has 0 bridgehead atoms. The van der Waals surface area contributed by atoms with Gasteiger partial charge in [-0.3, -0.25) is 0 Å². The van der Waals surface area contributed by atoms with Crippen LogP contribution in [0.25, 0.3) is 0 Å². The number of hydrogen-bond acceptors (Lipinski definition) is 4. The van der Waals surface area contributed by atoms with E-state index in [9.17, 15) is 9.18 Å². The van der Waals surface area contributed by atoms with Crippen LogP contribution in [0.15, 0.2) is 28.8 Å². The standard InChI is InChI=1S/C16H19FN4O2/c1-11-18-15(23-20-11)14-9-3-2-6-10-21(14)16(22)19-13-8-5-4-7-12(13)17/h4-5,7-8,14H,2-3,6,9-10H2,1H3,(H,19,22). The molecule has 1 N–H and O–H groups in total. The number of aromatic nitrogens is 2. The number of carbonyl (C=O) groups excluding carboxylic acids is 1. The molecule has 1 fully saturated rings. The molecule has 122 valence electrons. The molecule has 1 unspecified atom stereocenters. The summed E-state index contributed by atoms with van der Waals surface area (Å²) in [6.45, 7) is 2.32. The number of nitrogens with one attached hydrogen (secondary N) is 1. The molecule has 1 atom stereocenters. The number of urea groups is 1. The lowest BCUT2D eigenvalue weighted by Gasteiger charge is -2.27. The maximum atomic E-state index is 13.7. The molecule has 1 aliphatic rings. The second kappa shape index (κ2) is 6.76. The number of halogens is 1. The van der Waals surface area contributed by atoms with Crippen molar-refractivity contribution in [2.45, 2.75) is 38.6 Å². The third-order valence-electron chi connectivity index (χ3n) is 3.96. The van der Waals surface area contributed by atoms with Crippen LogP contribution in [0.5, 0.6) is 0 Å². The number of hydrogen-bond donors (Lipinski definition) is 1. The fourth-order valence-electron chi connectivity index (χ4n) is 2.81. The quantitative estimate of drug-likeness (QED) is 0.917. The van der Waals surface area contributed by atoms with Crippen molar-refractivity contribution in [3.05, 3.63) is 41.8 Å². The first-order valence-corrected chi connectivity index (χ1v) is 7.77. The van der Waals surface area contributed by atoms with Crippen molar-refractivity contribution < 1.29 is 13.7 Å². The Bertz CT molecular complexity index is 688. The minimum Gasteiger partial charge on any atom is -0.337 e. The summed E-state index contributed by atoms with van der Waals surface area (Å²) < 4.78 is 19.0. The Labute approximate surface area is 133 Å². The third kappa shape index (κ3) is 3.49. The second-order valence-electron chi connectivity index (χ2n) is 5.65. The number of anilines is 1. The predicted octanol–water partition coefficient (Wildman–Crippen LogP) is 3.67. The molecule has 6 nitrogen and oxygen atoms in total. The van der Waals surface area contributed by atoms with E-state index in [1.54, 1.807) is 24.0 Å². The number of likely N-dealkylation sites (tertiary alicyclic amines) is 1. The molecule has 1 aromatic heterocycles. The molecular formula is C16H19FN4O2. The Hall–Kier alpha value is -2.44. The maximum absolute atomic E-state index is 13.7. The Morgan fingerprint density at radius 3 is 2.91 bits per heavy atom. The third-order valence-corrected chi connectivity index (χ3v) is 3.96. The van der Waals surface area contributed by atoms with E-state index in [0.29, 0.717) is 18.3 Å². The molecule has 2 heterocycles. The van der Waals surface area contributed by atoms with E-state index >= 15 is 0 Å². The van der Waals surface area contributed by atoms with E-state index < -0.39 is 5.82 Å². The molecule has 1 saturated heterocycles. The fourth-order valence-corrected chi connectivity index (χ4v) is 2.81. The van der Waals surface area contributed by atoms with E-state index in [1.165, 1.54) is 12.1 Å². The Kier molecular flexibility index (Phi) is 4.55. The summed E-state index contributed by atoms with van der Waals surface area (Å²) >= 11 is 0. The summed E-state index contributed by atoms with van der Waals surface area (Å²) in [5.41, 5.74) is 0.169. The molecule has 0 radical (unpaired) electrons. The molecule has 23 heavy (non-hydrogen) atoms. The normalized spacial score (nSPS) is 18.5. The number of benzene rings is 1. The van der Waals surface area contributed by atoms with E-state index in [0.717, 1.165) is 25.7 Å². The number of para-hydroxylation sites is 1. The molecule has 0 spiro atoms. The summed E-state index contributed by atoms with van der Waals surface area (Å²) in [6, 6.07) is 5.50. The number of rotatable bonds is 2. The van der Waals surface area contributed by atoms with Gasteiger partial charge in [-0.1, -0.05) is 30.1 Å². The lowest BCUT2D eigenvalue weighted by atomic mass is 10.1. The average molecular weight is 318 g/mol. The summed E-state index contributed by atoms with van der Waals surface area (Å²) in [5, 5.41) is 6.45. The van der Waals surface area contributed by atoms with E-state index in [-0.39, 0.29) is 17.8 Å². The number of aryl methyl sites for hydroxylation is 1. The summed E-state index contributed by atoms with van der Waals surface area (Å²) in [7, 11) is 0. The van der Waals surface area contributed by atoms with Gasteiger partial charge in [0.15, 0.2) is 5.82 Å². The highest BCUT2D eigenvalue weighted by atomic mass is 19.1. The number of amides is 2. The van der Waals surface area contributed by atoms with Gasteiger partial charge in [-0.25, -0.2) is 9.18 Å². The van der Waals surface area contributed by atoms with Gasteiger partial charge in [0.2, 0.25) is 5.89 Å². The van der Waals surface area contributed by atoms with Crippen LogP contribution in [0, 0.1) is 12.7 Å². The van der Waals surface area contributed by atoms with Crippen LogP contribution >= 0.6 is 0 Å². The minimum absolute atomic E-state index is 0.169. The summed E-state index contributed by atoms with van der Waals surface area (Å²) in [5.74, 6) is 0.521. The van der Waals surface area contributed by atoms with Crippen molar-refractivity contribution in [2.24, 2.45) is 0 Å². The Morgan fingerprint density at radius 2 is 2.17 bits per heavy atom. The second-order valence-corrected chi connectivity index (χ2v) is 5.65. The smallest absolute Gasteiger partial charge is 0.322 e. The van der Waals surface area contributed by atoms with Crippen molar-refractivity contribution in [1.82, 2.24) is 15.0 Å². The van der Waals surface area contributed by atoms with Crippen LogP contribution in [0.4, 0.5) is 14.9 Å². The average Bonchev–Trinajstić information content (AvgIpc) is 2.82. The monoisotopic (exact) mass is 318 g/mol. The lowest BCUT2D eigenvalue weighted by molar-refractivity contribution is 0.171. The highest BCUT2D eigenvalue weighted by Gasteiger charge is 2.31. The van der Waals surface area contributed by atoms with Gasteiger partial charge >= 0.3 is 6.03 Å². The van der Waals surface area contributed by atoms with Gasteiger partial charge in [0.25, 0.3) is 0 Å². The SMILES string of the molecule is Cc1noc(C2CCCCCN2C(=O)Nc2ccccc2F)n1. The van der Waals surface area contributed by atoms with E-state index in [1.807, 2.05) is 0 Å². The van der Waals surface area contributed by atoms with Crippen LogP contribution < -0.4 is 5.32 Å². The molecule has 2 aromatic rings. The molecule has 3 rings (SSSR count). The Morgan fingerprint density at radius 1 is 1.35 bits per heavy atom. The lowest BCUT2D eigenvalue weighted by Crippen LogP contribution is -2.38. The van der Waals surface area contributed by atoms with Gasteiger partial charge in [-0.2, -0.15) is 4.98 Å². The van der Waals surface area contributed by atoms with Crippen molar-refractivity contribution in [3.8, 4) is 0 Å². The molecule has 0 saturated carbocycles. The van der Waals surface area contributed by atoms with Gasteiger partial charge in [0.1, 0.15) is 11.9 Å². The van der Waals surface area contributed by atoms with Crippen molar-refractivity contribution >= 4 is 11.7 Å². The largest absolute Gasteiger partial charge is 0.337 e. The number of carbonyl (C=O) groups is 1. The zero-order valence-electron chi connectivity index (χ0n) is 13.0. The first-order valence-electron chi connectivity index (χ1n) is 7.77. The van der Waals surface area contributed by atoms with Gasteiger partial charge in [0.05, 0.1) is 5.69 Å². The first kappa shape index (κ1) is 15.5. The zero-order chi connectivity index (χ0) is 16.2. The van der Waals surface area contributed by atoms with Crippen molar-refractivity contribution in [2.75, 3.05) is 11.9 Å². The van der Waals surface area contributed by atoms with Gasteiger partial charge in [0, 0.05) is 6.54 Å². The molecule has 0 aliphatic carbocycles. The minimum atomic E-state index is -0.458. The van der Waals surface area contributed by atoms with Crippen LogP contribution in [-0.2, 0) is 0 Å². The van der Waals surface area contributed by atoms with Crippen LogP contribution in [0.3, 0.4) is 0 Å². The Balaban J connectivity index is 1.81. The van der Waals surface area contributed by atoms with E-state index in [2.05, 4.69) is 15.5 Å². The number of nitrogens with zero attached hydrogens (tertiary/aromatic N) is 3. The van der Waals surface area contributed by atoms with Crippen LogP contribution in [0.2, 0.25) is 0 Å². The molecular weight excluding hydrogens is 299 g/mol. The van der Waals surface area contributed by atoms with Crippen LogP contribution in [0.1, 0.15) is 43.4 Å². The highest BCUT2D eigenvalue weighted by molar-refractivity contribution is 5.89. The summed E-state index contributed by atoms with van der Waals surface area (Å²) in [4.78, 5) is 18.5. The molecule has 1 aliphatic heterocycles. The van der Waals surface area contributed by atoms with Gasteiger partial charge in [-0.15, -0.1) is 0 Å². The van der Waals surface area contributed by atoms with Gasteiger partial charge in [-0.05, 0) is 31.9 Å². The highest BCUT2D eigenvalue weighted by Crippen LogP contribution is 2.30. The molecule has 2 amide bonds. The van der Waals surface area contributed by atoms with Gasteiger partial charge < -0.3 is 14.7 Å². The first-order chi connectivity index (χ1) is 11.1. The van der Waals surface area contributed by atoms with E-state index in [4.69, 9.17) is 4.52 Å². The maximum Gasteiger partial charge on any atom is 0.322 e. The van der Waals surface area contributed by atoms with Crippen molar-refractivity contribution in [1.29, 1.82) is 0 Å². The fraction of sp³-hybridized carbons (Fsp3) is 0.438. The van der Waals surface area contributed by atoms with Crippen LogP contribution in [-0.4, -0.2) is 27.6 Å². The predicted molar refractivity (Wildman–Crippen MR) is 82.4 cm³/mol. The summed E-state index contributed by atoms with van der Waals surface area (Å²) in [6.07, 6.45) is 3.67. The van der Waals surface area contributed by atoms with Crippen molar-refractivity contribution in [3.63, 3.8) is 0 Å². The molecule has 1 aromatic carbocycles.